The summed E-state index contributed by atoms with van der Waals surface area (Å²) >= 11 is 0. The van der Waals surface area contributed by atoms with Gasteiger partial charge in [-0.15, -0.1) is 5.10 Å². The van der Waals surface area contributed by atoms with Crippen molar-refractivity contribution in [2.75, 3.05) is 44.1 Å². The summed E-state index contributed by atoms with van der Waals surface area (Å²) in [7, 11) is 2.73. The third-order valence-corrected chi connectivity index (χ3v) is 7.01. The second kappa shape index (κ2) is 9.94. The summed E-state index contributed by atoms with van der Waals surface area (Å²) in [4.78, 5) is 6.94. The van der Waals surface area contributed by atoms with E-state index in [-0.39, 0.29) is 17.8 Å². The highest BCUT2D eigenvalue weighted by molar-refractivity contribution is 5.93. The number of benzene rings is 1. The molecule has 2 aliphatic heterocycles. The molecule has 198 valence electrons. The first kappa shape index (κ1) is 25.5. The smallest absolute Gasteiger partial charge is 0.298 e. The molecular weight excluding hydrogens is 487 g/mol. The van der Waals surface area contributed by atoms with Crippen LogP contribution in [0.25, 0.3) is 10.9 Å². The van der Waals surface area contributed by atoms with E-state index in [0.717, 1.165) is 44.8 Å². The van der Waals surface area contributed by atoms with Crippen LogP contribution in [-0.2, 0) is 15.4 Å². The number of nitrogens with one attached hydrogen (secondary N) is 1. The van der Waals surface area contributed by atoms with Crippen LogP contribution in [-0.4, -0.2) is 61.3 Å². The van der Waals surface area contributed by atoms with Gasteiger partial charge in [0, 0.05) is 31.1 Å². The Morgan fingerprint density at radius 2 is 1.92 bits per heavy atom. The number of fused-ring (bicyclic) bond motifs is 3. The van der Waals surface area contributed by atoms with Gasteiger partial charge < -0.3 is 24.4 Å². The van der Waals surface area contributed by atoms with E-state index in [2.05, 4.69) is 25.2 Å². The number of aryl methyl sites for hydroxylation is 1. The lowest BCUT2D eigenvalue weighted by molar-refractivity contribution is -0.0722. The number of halogens is 3. The molecule has 2 aromatic heterocycles. The standard InChI is InChI=1S/C26H30F3N5O3/c1-14(18-6-5-7-20(22(18)27)26(28,29)13-35-3)30-24-19-10-21(34-11-16-8-9-17(12-34)37-16)25(36-4)31-23(19)15(2)32-33-24/h5-7,10,14,16-17H,8-9,11-13H2,1-4H3,(H,30,33)/t14-,16?,17?/m1/s1. The fourth-order valence-corrected chi connectivity index (χ4v) is 5.17. The largest absolute Gasteiger partial charge is 0.480 e. The van der Waals surface area contributed by atoms with Gasteiger partial charge in [-0.25, -0.2) is 9.37 Å². The molecule has 0 amide bonds. The van der Waals surface area contributed by atoms with Gasteiger partial charge in [-0.05, 0) is 38.8 Å². The molecule has 2 fully saturated rings. The van der Waals surface area contributed by atoms with Crippen LogP contribution in [0.1, 0.15) is 42.6 Å². The Kier molecular flexibility index (Phi) is 6.84. The number of nitrogens with zero attached hydrogens (tertiary/aromatic N) is 4. The lowest BCUT2D eigenvalue weighted by Crippen LogP contribution is -2.42. The van der Waals surface area contributed by atoms with E-state index in [1.54, 1.807) is 21.0 Å². The minimum atomic E-state index is -3.46. The zero-order valence-corrected chi connectivity index (χ0v) is 21.2. The molecule has 1 N–H and O–H groups in total. The van der Waals surface area contributed by atoms with Gasteiger partial charge in [0.1, 0.15) is 23.6 Å². The first-order valence-corrected chi connectivity index (χ1v) is 12.3. The molecule has 11 heteroatoms. The number of alkyl halides is 2. The summed E-state index contributed by atoms with van der Waals surface area (Å²) in [5.74, 6) is -3.60. The maximum absolute atomic E-state index is 15.2. The third-order valence-electron chi connectivity index (χ3n) is 7.01. The molecule has 1 aromatic carbocycles. The lowest BCUT2D eigenvalue weighted by Gasteiger charge is -2.34. The predicted molar refractivity (Wildman–Crippen MR) is 133 cm³/mol. The minimum absolute atomic E-state index is 0.0789. The summed E-state index contributed by atoms with van der Waals surface area (Å²) in [6, 6.07) is 5.21. The second-order valence-corrected chi connectivity index (χ2v) is 9.62. The van der Waals surface area contributed by atoms with E-state index >= 15 is 4.39 Å². The molecule has 8 nitrogen and oxygen atoms in total. The van der Waals surface area contributed by atoms with Crippen molar-refractivity contribution < 1.29 is 27.4 Å². The van der Waals surface area contributed by atoms with Crippen molar-refractivity contribution in [1.82, 2.24) is 15.2 Å². The molecule has 0 saturated carbocycles. The molecule has 2 saturated heterocycles. The molecular formula is C26H30F3N5O3. The number of hydrogen-bond acceptors (Lipinski definition) is 8. The van der Waals surface area contributed by atoms with Crippen LogP contribution in [0.3, 0.4) is 0 Å². The van der Waals surface area contributed by atoms with E-state index in [1.807, 2.05) is 6.07 Å². The maximum atomic E-state index is 15.2. The highest BCUT2D eigenvalue weighted by atomic mass is 19.3. The minimum Gasteiger partial charge on any atom is -0.480 e. The van der Waals surface area contributed by atoms with Crippen molar-refractivity contribution in [3.05, 3.63) is 46.9 Å². The zero-order chi connectivity index (χ0) is 26.3. The zero-order valence-electron chi connectivity index (χ0n) is 21.2. The summed E-state index contributed by atoms with van der Waals surface area (Å²) in [6.07, 6.45) is 2.38. The summed E-state index contributed by atoms with van der Waals surface area (Å²) in [5.41, 5.74) is 1.37. The van der Waals surface area contributed by atoms with Gasteiger partial charge in [-0.2, -0.15) is 13.9 Å². The highest BCUT2D eigenvalue weighted by Crippen LogP contribution is 2.39. The first-order chi connectivity index (χ1) is 17.7. The third kappa shape index (κ3) is 4.77. The lowest BCUT2D eigenvalue weighted by atomic mass is 10.00. The van der Waals surface area contributed by atoms with Crippen LogP contribution in [0.15, 0.2) is 24.3 Å². The van der Waals surface area contributed by atoms with Crippen molar-refractivity contribution in [3.63, 3.8) is 0 Å². The second-order valence-electron chi connectivity index (χ2n) is 9.62. The SMILES string of the molecule is COCC(F)(F)c1cccc([C@@H](C)Nc2nnc(C)c3nc(OC)c(N4CC5CCC(C4)O5)cc23)c1F. The number of pyridine rings is 1. The number of aromatic nitrogens is 3. The van der Waals surface area contributed by atoms with E-state index in [1.165, 1.54) is 12.1 Å². The molecule has 5 rings (SSSR count). The van der Waals surface area contributed by atoms with Gasteiger partial charge in [0.2, 0.25) is 5.88 Å². The maximum Gasteiger partial charge on any atom is 0.298 e. The Hall–Kier alpha value is -3.18. The Bertz CT molecular complexity index is 1300. The molecule has 2 bridgehead atoms. The van der Waals surface area contributed by atoms with Crippen molar-refractivity contribution in [2.24, 2.45) is 0 Å². The fourth-order valence-electron chi connectivity index (χ4n) is 5.17. The highest BCUT2D eigenvalue weighted by Gasteiger charge is 2.37. The quantitative estimate of drug-likeness (QED) is 0.458. The van der Waals surface area contributed by atoms with Gasteiger partial charge in [-0.3, -0.25) is 0 Å². The predicted octanol–water partition coefficient (Wildman–Crippen LogP) is 4.76. The molecule has 0 spiro atoms. The van der Waals surface area contributed by atoms with E-state index in [0.29, 0.717) is 28.3 Å². The number of rotatable bonds is 8. The van der Waals surface area contributed by atoms with Crippen LogP contribution in [0.4, 0.5) is 24.7 Å². The Morgan fingerprint density at radius 1 is 1.19 bits per heavy atom. The molecule has 37 heavy (non-hydrogen) atoms. The molecule has 3 aromatic rings. The topological polar surface area (TPSA) is 81.6 Å². The average molecular weight is 518 g/mol. The molecule has 3 atom stereocenters. The Morgan fingerprint density at radius 3 is 2.59 bits per heavy atom. The van der Waals surface area contributed by atoms with Crippen LogP contribution < -0.4 is 15.0 Å². The average Bonchev–Trinajstić information content (AvgIpc) is 3.22. The molecule has 2 aliphatic rings. The summed E-state index contributed by atoms with van der Waals surface area (Å²) < 4.78 is 60.3. The van der Waals surface area contributed by atoms with Crippen molar-refractivity contribution in [1.29, 1.82) is 0 Å². The Labute approximate surface area is 213 Å². The van der Waals surface area contributed by atoms with Gasteiger partial charge in [0.25, 0.3) is 5.92 Å². The molecule has 0 radical (unpaired) electrons. The van der Waals surface area contributed by atoms with Gasteiger partial charge in [-0.1, -0.05) is 12.1 Å². The molecule has 0 aliphatic carbocycles. The van der Waals surface area contributed by atoms with E-state index < -0.39 is 30.0 Å². The number of ether oxygens (including phenoxy) is 3. The molecule has 4 heterocycles. The Balaban J connectivity index is 1.52. The fraction of sp³-hybridized carbons (Fsp3) is 0.500. The first-order valence-electron chi connectivity index (χ1n) is 12.3. The van der Waals surface area contributed by atoms with Crippen LogP contribution in [0.2, 0.25) is 0 Å². The van der Waals surface area contributed by atoms with E-state index in [9.17, 15) is 8.78 Å². The van der Waals surface area contributed by atoms with Crippen LogP contribution in [0.5, 0.6) is 5.88 Å². The summed E-state index contributed by atoms with van der Waals surface area (Å²) in [6.45, 7) is 4.02. The van der Waals surface area contributed by atoms with Crippen molar-refractivity contribution >= 4 is 22.4 Å². The normalized spacial score (nSPS) is 20.4. The monoisotopic (exact) mass is 517 g/mol. The number of hydrogen-bond donors (Lipinski definition) is 1. The van der Waals surface area contributed by atoms with Crippen molar-refractivity contribution in [2.45, 2.75) is 50.9 Å². The number of morpholine rings is 1. The molecule has 2 unspecified atom stereocenters. The summed E-state index contributed by atoms with van der Waals surface area (Å²) in [5, 5.41) is 12.4. The van der Waals surface area contributed by atoms with Crippen molar-refractivity contribution in [3.8, 4) is 5.88 Å². The number of methoxy groups -OCH3 is 2. The van der Waals surface area contributed by atoms with Crippen LogP contribution >= 0.6 is 0 Å². The van der Waals surface area contributed by atoms with Gasteiger partial charge in [0.05, 0.1) is 36.6 Å². The van der Waals surface area contributed by atoms with Gasteiger partial charge in [0.15, 0.2) is 5.82 Å². The van der Waals surface area contributed by atoms with Crippen LogP contribution in [0, 0.1) is 12.7 Å². The number of anilines is 2. The van der Waals surface area contributed by atoms with E-state index in [4.69, 9.17) is 14.5 Å². The van der Waals surface area contributed by atoms with Gasteiger partial charge >= 0.3 is 0 Å².